The second kappa shape index (κ2) is 7.96. The van der Waals surface area contributed by atoms with Crippen molar-refractivity contribution < 1.29 is 39.8 Å². The Labute approximate surface area is 210 Å². The highest BCUT2D eigenvalue weighted by Gasteiger charge is 2.64. The first-order valence-electron chi connectivity index (χ1n) is 11.4. The minimum absolute atomic E-state index is 0.0518. The quantitative estimate of drug-likeness (QED) is 0.156. The minimum Gasteiger partial charge on any atom is -0.508 e. The zero-order valence-electron chi connectivity index (χ0n) is 19.1. The standard InChI is InChI=1S/C29H20O8/c30-18-8-5-15(6-9-18)4-7-16-10-20(32)13-23-25(16)29(28(35)37-23)26-22(34)12-21(33)14-24(26)36-27(29)17-2-1-3-19(31)11-17/h1-14,27,30-34H/b7-4+/t27?,29-/m1/s1. The van der Waals surface area contributed by atoms with Gasteiger partial charge < -0.3 is 35.0 Å². The maximum atomic E-state index is 13.8. The highest BCUT2D eigenvalue weighted by molar-refractivity contribution is 6.00. The molecule has 0 saturated carbocycles. The van der Waals surface area contributed by atoms with Crippen molar-refractivity contribution in [1.29, 1.82) is 0 Å². The van der Waals surface area contributed by atoms with Gasteiger partial charge in [-0.1, -0.05) is 36.4 Å². The van der Waals surface area contributed by atoms with E-state index in [1.54, 1.807) is 36.4 Å². The van der Waals surface area contributed by atoms with Crippen LogP contribution in [0.15, 0.2) is 72.8 Å². The molecular formula is C29H20O8. The van der Waals surface area contributed by atoms with Crippen LogP contribution in [0, 0.1) is 0 Å². The van der Waals surface area contributed by atoms with Gasteiger partial charge in [0.15, 0.2) is 5.41 Å². The molecule has 5 N–H and O–H groups in total. The van der Waals surface area contributed by atoms with Gasteiger partial charge in [0.2, 0.25) is 0 Å². The first-order valence-corrected chi connectivity index (χ1v) is 11.4. The molecule has 8 nitrogen and oxygen atoms in total. The fourth-order valence-electron chi connectivity index (χ4n) is 5.20. The molecule has 37 heavy (non-hydrogen) atoms. The number of carbonyl (C=O) groups is 1. The van der Waals surface area contributed by atoms with E-state index < -0.39 is 17.5 Å². The van der Waals surface area contributed by atoms with Crippen LogP contribution in [0.4, 0.5) is 0 Å². The number of phenolic OH excluding ortho intramolecular Hbond substituents is 5. The monoisotopic (exact) mass is 496 g/mol. The summed E-state index contributed by atoms with van der Waals surface area (Å²) < 4.78 is 11.9. The van der Waals surface area contributed by atoms with Crippen LogP contribution in [-0.2, 0) is 10.2 Å². The normalized spacial score (nSPS) is 19.6. The molecule has 4 aromatic carbocycles. The number of rotatable bonds is 3. The molecular weight excluding hydrogens is 476 g/mol. The number of aromatic hydroxyl groups is 5. The third kappa shape index (κ3) is 3.34. The fourth-order valence-corrected chi connectivity index (χ4v) is 5.20. The predicted octanol–water partition coefficient (Wildman–Crippen LogP) is 4.72. The highest BCUT2D eigenvalue weighted by atomic mass is 16.6. The van der Waals surface area contributed by atoms with Crippen molar-refractivity contribution in [2.24, 2.45) is 0 Å². The molecule has 0 fully saturated rings. The Bertz CT molecular complexity index is 1610. The molecule has 8 heteroatoms. The smallest absolute Gasteiger partial charge is 0.331 e. The lowest BCUT2D eigenvalue weighted by Crippen LogP contribution is -2.40. The second-order valence-corrected chi connectivity index (χ2v) is 8.96. The molecule has 1 unspecified atom stereocenters. The lowest BCUT2D eigenvalue weighted by molar-refractivity contribution is -0.139. The van der Waals surface area contributed by atoms with E-state index in [0.29, 0.717) is 16.7 Å². The van der Waals surface area contributed by atoms with Gasteiger partial charge in [0.25, 0.3) is 0 Å². The van der Waals surface area contributed by atoms with E-state index in [2.05, 4.69) is 0 Å². The molecule has 184 valence electrons. The zero-order valence-corrected chi connectivity index (χ0v) is 19.1. The summed E-state index contributed by atoms with van der Waals surface area (Å²) in [4.78, 5) is 13.8. The van der Waals surface area contributed by atoms with Crippen LogP contribution in [0.5, 0.6) is 40.2 Å². The van der Waals surface area contributed by atoms with Crippen molar-refractivity contribution in [2.45, 2.75) is 11.5 Å². The molecule has 2 aliphatic heterocycles. The van der Waals surface area contributed by atoms with Crippen molar-refractivity contribution in [3.8, 4) is 40.2 Å². The van der Waals surface area contributed by atoms with Crippen LogP contribution in [0.25, 0.3) is 12.2 Å². The second-order valence-electron chi connectivity index (χ2n) is 8.96. The number of carbonyl (C=O) groups excluding carboxylic acids is 1. The zero-order chi connectivity index (χ0) is 25.9. The van der Waals surface area contributed by atoms with Crippen LogP contribution in [0.1, 0.15) is 33.9 Å². The first kappa shape index (κ1) is 22.4. The van der Waals surface area contributed by atoms with Gasteiger partial charge in [0.05, 0.1) is 5.56 Å². The summed E-state index contributed by atoms with van der Waals surface area (Å²) in [6, 6.07) is 17.9. The molecule has 2 heterocycles. The summed E-state index contributed by atoms with van der Waals surface area (Å²) in [6.45, 7) is 0. The molecule has 0 aromatic heterocycles. The lowest BCUT2D eigenvalue weighted by atomic mass is 9.68. The molecule has 2 atom stereocenters. The van der Waals surface area contributed by atoms with E-state index in [4.69, 9.17) is 9.47 Å². The largest absolute Gasteiger partial charge is 0.508 e. The average Bonchev–Trinajstić information content (AvgIpc) is 3.33. The van der Waals surface area contributed by atoms with Gasteiger partial charge in [-0.15, -0.1) is 0 Å². The fraction of sp³-hybridized carbons (Fsp3) is 0.0690. The molecule has 0 aliphatic carbocycles. The molecule has 2 aliphatic rings. The van der Waals surface area contributed by atoms with Crippen molar-refractivity contribution in [3.63, 3.8) is 0 Å². The summed E-state index contributed by atoms with van der Waals surface area (Å²) in [6.07, 6.45) is 2.34. The number of benzene rings is 4. The predicted molar refractivity (Wildman–Crippen MR) is 133 cm³/mol. The Balaban J connectivity index is 1.64. The maximum absolute atomic E-state index is 13.8. The van der Waals surface area contributed by atoms with Crippen LogP contribution < -0.4 is 9.47 Å². The SMILES string of the molecule is O=C1Oc2cc(O)cc(/C=C/c3ccc(O)cc3)c2[C@]12c1c(O)cc(O)cc1OC2c1cccc(O)c1. The van der Waals surface area contributed by atoms with Crippen molar-refractivity contribution in [3.05, 3.63) is 101 Å². The molecule has 0 saturated heterocycles. The lowest BCUT2D eigenvalue weighted by Gasteiger charge is -2.29. The first-order chi connectivity index (χ1) is 17.8. The topological polar surface area (TPSA) is 137 Å². The molecule has 0 bridgehead atoms. The molecule has 1 spiro atoms. The summed E-state index contributed by atoms with van der Waals surface area (Å²) in [7, 11) is 0. The molecule has 6 rings (SSSR count). The van der Waals surface area contributed by atoms with E-state index in [1.807, 2.05) is 0 Å². The van der Waals surface area contributed by atoms with E-state index in [0.717, 1.165) is 11.6 Å². The molecule has 4 aromatic rings. The Hall–Kier alpha value is -5.11. The third-order valence-corrected chi connectivity index (χ3v) is 6.66. The summed E-state index contributed by atoms with van der Waals surface area (Å²) in [5.41, 5.74) is 0.322. The molecule has 0 amide bonds. The number of hydrogen-bond acceptors (Lipinski definition) is 8. The van der Waals surface area contributed by atoms with Crippen molar-refractivity contribution >= 4 is 18.1 Å². The Morgan fingerprint density at radius 3 is 2.19 bits per heavy atom. The highest BCUT2D eigenvalue weighted by Crippen LogP contribution is 2.63. The van der Waals surface area contributed by atoms with Crippen molar-refractivity contribution in [1.82, 2.24) is 0 Å². The van der Waals surface area contributed by atoms with Gasteiger partial charge in [-0.05, 0) is 47.0 Å². The van der Waals surface area contributed by atoms with Gasteiger partial charge in [-0.2, -0.15) is 0 Å². The minimum atomic E-state index is -1.72. The number of fused-ring (bicyclic) bond motifs is 4. The summed E-state index contributed by atoms with van der Waals surface area (Å²) >= 11 is 0. The van der Waals surface area contributed by atoms with Gasteiger partial charge in [-0.25, -0.2) is 0 Å². The van der Waals surface area contributed by atoms with Gasteiger partial charge in [0, 0.05) is 23.8 Å². The van der Waals surface area contributed by atoms with Crippen LogP contribution >= 0.6 is 0 Å². The van der Waals surface area contributed by atoms with E-state index >= 15 is 0 Å². The summed E-state index contributed by atoms with van der Waals surface area (Å²) in [5, 5.41) is 51.3. The van der Waals surface area contributed by atoms with Crippen LogP contribution in [-0.4, -0.2) is 31.5 Å². The maximum Gasteiger partial charge on any atom is 0.331 e. The van der Waals surface area contributed by atoms with Crippen LogP contribution in [0.3, 0.4) is 0 Å². The van der Waals surface area contributed by atoms with E-state index in [9.17, 15) is 30.3 Å². The van der Waals surface area contributed by atoms with Crippen molar-refractivity contribution in [2.75, 3.05) is 0 Å². The Morgan fingerprint density at radius 2 is 1.43 bits per heavy atom. The summed E-state index contributed by atoms with van der Waals surface area (Å²) in [5.74, 6) is -1.29. The Kier molecular flexibility index (Phi) is 4.81. The number of phenols is 5. The average molecular weight is 496 g/mol. The number of ether oxygens (including phenoxy) is 2. The van der Waals surface area contributed by atoms with Gasteiger partial charge in [-0.3, -0.25) is 4.79 Å². The number of esters is 1. The van der Waals surface area contributed by atoms with E-state index in [1.165, 1.54) is 42.5 Å². The van der Waals surface area contributed by atoms with Gasteiger partial charge in [0.1, 0.15) is 46.4 Å². The third-order valence-electron chi connectivity index (χ3n) is 6.66. The number of hydrogen-bond donors (Lipinski definition) is 5. The Morgan fingerprint density at radius 1 is 0.703 bits per heavy atom. The van der Waals surface area contributed by atoms with Crippen LogP contribution in [0.2, 0.25) is 0 Å². The molecule has 0 radical (unpaired) electrons. The van der Waals surface area contributed by atoms with E-state index in [-0.39, 0.29) is 45.8 Å². The van der Waals surface area contributed by atoms with Gasteiger partial charge >= 0.3 is 5.97 Å².